The summed E-state index contributed by atoms with van der Waals surface area (Å²) in [4.78, 5) is 0. The Morgan fingerprint density at radius 2 is 1.17 bits per heavy atom. The monoisotopic (exact) mass is 454 g/mol. The summed E-state index contributed by atoms with van der Waals surface area (Å²) in [6, 6.07) is 3.74. The summed E-state index contributed by atoms with van der Waals surface area (Å²) in [6.45, 7) is 14.8. The third kappa shape index (κ3) is 38.3. The second-order valence-corrected chi connectivity index (χ2v) is 5.68. The molecule has 0 heterocycles. The normalized spacial score (nSPS) is 8.21. The molecule has 8 N–H and O–H groups in total. The predicted molar refractivity (Wildman–Crippen MR) is 121 cm³/mol. The molecule has 7 nitrogen and oxygen atoms in total. The van der Waals surface area contributed by atoms with Crippen molar-refractivity contribution in [3.8, 4) is 5.75 Å². The third-order valence-corrected chi connectivity index (χ3v) is 2.36. The zero-order chi connectivity index (χ0) is 22.1. The molecule has 0 unspecified atom stereocenters. The Balaban J connectivity index is -0.0000000657. The van der Waals surface area contributed by atoms with E-state index >= 15 is 0 Å². The fraction of sp³-hybridized carbons (Fsp3) is 0.667. The molecular weight excluding hydrogens is 408 g/mol. The van der Waals surface area contributed by atoms with E-state index < -0.39 is 0 Å². The number of hydrogen-bond donors (Lipinski definition) is 5. The molecule has 0 saturated carbocycles. The van der Waals surface area contributed by atoms with Crippen molar-refractivity contribution in [1.29, 1.82) is 0 Å². The first-order chi connectivity index (χ1) is 12.8. The number of benzene rings is 1. The number of nitrogens with two attached hydrogens (primary N) is 1. The van der Waals surface area contributed by atoms with Gasteiger partial charge in [0.25, 0.3) is 0 Å². The SMILES string of the molecule is CCC.CCCO.CCCO.CCCO.Cc1cc(C)c(O)c(/C=N/N)c1.O.[Ti]. The number of aromatic hydroxyl groups is 1. The van der Waals surface area contributed by atoms with E-state index in [1.807, 2.05) is 46.8 Å². The van der Waals surface area contributed by atoms with E-state index in [9.17, 15) is 5.11 Å². The fourth-order valence-electron chi connectivity index (χ4n) is 1.17. The van der Waals surface area contributed by atoms with E-state index in [-0.39, 0.29) is 32.9 Å². The first kappa shape index (κ1) is 42.2. The molecule has 8 heteroatoms. The van der Waals surface area contributed by atoms with Crippen molar-refractivity contribution >= 4 is 6.21 Å². The Labute approximate surface area is 193 Å². The van der Waals surface area contributed by atoms with Crippen LogP contribution in [0.2, 0.25) is 0 Å². The van der Waals surface area contributed by atoms with Gasteiger partial charge in [0.15, 0.2) is 0 Å². The number of aliphatic hydroxyl groups excluding tert-OH is 3. The number of hydrazone groups is 1. The zero-order valence-corrected chi connectivity index (χ0v) is 21.1. The van der Waals surface area contributed by atoms with Crippen molar-refractivity contribution in [2.45, 2.75) is 74.1 Å². The molecule has 1 aromatic rings. The fourth-order valence-corrected chi connectivity index (χ4v) is 1.17. The van der Waals surface area contributed by atoms with Gasteiger partial charge in [-0.25, -0.2) is 0 Å². The first-order valence-electron chi connectivity index (χ1n) is 9.67. The van der Waals surface area contributed by atoms with Crippen LogP contribution in [0.15, 0.2) is 17.2 Å². The molecule has 0 aliphatic heterocycles. The number of nitrogens with zero attached hydrogens (tertiary/aromatic N) is 1. The predicted octanol–water partition coefficient (Wildman–Crippen LogP) is 3.06. The largest absolute Gasteiger partial charge is 0.507 e. The molecule has 0 bridgehead atoms. The van der Waals surface area contributed by atoms with Crippen LogP contribution in [-0.2, 0) is 21.7 Å². The smallest absolute Gasteiger partial charge is 0.127 e. The van der Waals surface area contributed by atoms with Gasteiger partial charge in [-0.2, -0.15) is 5.10 Å². The van der Waals surface area contributed by atoms with Gasteiger partial charge in [-0.15, -0.1) is 0 Å². The summed E-state index contributed by atoms with van der Waals surface area (Å²) in [5.41, 5.74) is 2.58. The summed E-state index contributed by atoms with van der Waals surface area (Å²) >= 11 is 0. The van der Waals surface area contributed by atoms with Gasteiger partial charge in [-0.05, 0) is 50.3 Å². The average molecular weight is 454 g/mol. The molecule has 0 atom stereocenters. The Morgan fingerprint density at radius 1 is 0.862 bits per heavy atom. The van der Waals surface area contributed by atoms with Gasteiger partial charge in [-0.3, -0.25) is 0 Å². The molecule has 1 rings (SSSR count). The molecule has 0 radical (unpaired) electrons. The van der Waals surface area contributed by atoms with E-state index in [1.54, 1.807) is 0 Å². The molecule has 0 aromatic heterocycles. The number of rotatable bonds is 4. The van der Waals surface area contributed by atoms with Crippen LogP contribution in [0.25, 0.3) is 0 Å². The topological polar surface area (TPSA) is 151 Å². The van der Waals surface area contributed by atoms with Crippen LogP contribution in [0.5, 0.6) is 5.75 Å². The molecule has 1 aromatic carbocycles. The van der Waals surface area contributed by atoms with Crippen molar-refractivity contribution in [2.24, 2.45) is 10.9 Å². The molecular formula is C21H46N2O5Ti. The Kier molecular flexibility index (Phi) is 54.9. The second-order valence-electron chi connectivity index (χ2n) is 5.68. The van der Waals surface area contributed by atoms with Gasteiger partial charge in [0.2, 0.25) is 0 Å². The van der Waals surface area contributed by atoms with Crippen LogP contribution >= 0.6 is 0 Å². The van der Waals surface area contributed by atoms with Crippen molar-refractivity contribution in [1.82, 2.24) is 0 Å². The van der Waals surface area contributed by atoms with Crippen molar-refractivity contribution in [3.05, 3.63) is 28.8 Å². The molecule has 0 spiro atoms. The van der Waals surface area contributed by atoms with Gasteiger partial charge < -0.3 is 31.7 Å². The quantitative estimate of drug-likeness (QED) is 0.205. The van der Waals surface area contributed by atoms with E-state index in [0.29, 0.717) is 25.4 Å². The summed E-state index contributed by atoms with van der Waals surface area (Å²) in [5, 5.41) is 36.5. The van der Waals surface area contributed by atoms with Gasteiger partial charge >= 0.3 is 0 Å². The third-order valence-electron chi connectivity index (χ3n) is 2.36. The number of hydrogen-bond acceptors (Lipinski definition) is 6. The maximum atomic E-state index is 9.51. The van der Waals surface area contributed by atoms with Crippen LogP contribution < -0.4 is 5.84 Å². The number of phenolic OH excluding ortho intramolecular Hbond substituents is 1. The van der Waals surface area contributed by atoms with Gasteiger partial charge in [-0.1, -0.05) is 47.1 Å². The van der Waals surface area contributed by atoms with E-state index in [0.717, 1.165) is 30.4 Å². The molecule has 174 valence electrons. The van der Waals surface area contributed by atoms with E-state index in [1.165, 1.54) is 12.6 Å². The molecule has 0 saturated heterocycles. The molecule has 0 aliphatic carbocycles. The van der Waals surface area contributed by atoms with Crippen LogP contribution in [0.3, 0.4) is 0 Å². The van der Waals surface area contributed by atoms with E-state index in [2.05, 4.69) is 18.9 Å². The van der Waals surface area contributed by atoms with Gasteiger partial charge in [0.1, 0.15) is 5.75 Å². The van der Waals surface area contributed by atoms with E-state index in [4.69, 9.17) is 21.2 Å². The maximum Gasteiger partial charge on any atom is 0.127 e. The van der Waals surface area contributed by atoms with Crippen molar-refractivity contribution in [3.63, 3.8) is 0 Å². The summed E-state index contributed by atoms with van der Waals surface area (Å²) < 4.78 is 0. The van der Waals surface area contributed by atoms with Crippen molar-refractivity contribution in [2.75, 3.05) is 19.8 Å². The number of aliphatic hydroxyl groups is 3. The zero-order valence-electron chi connectivity index (χ0n) is 19.5. The molecule has 0 aliphatic rings. The van der Waals surface area contributed by atoms with Crippen LogP contribution in [0.1, 0.15) is 77.0 Å². The molecule has 0 amide bonds. The summed E-state index contributed by atoms with van der Waals surface area (Å²) in [7, 11) is 0. The van der Waals surface area contributed by atoms with Crippen LogP contribution in [-0.4, -0.2) is 51.9 Å². The van der Waals surface area contributed by atoms with Gasteiger partial charge in [0, 0.05) is 47.1 Å². The first-order valence-corrected chi connectivity index (χ1v) is 9.67. The maximum absolute atomic E-state index is 9.51. The van der Waals surface area contributed by atoms with Gasteiger partial charge in [0.05, 0.1) is 6.21 Å². The summed E-state index contributed by atoms with van der Waals surface area (Å²) in [6.07, 6.45) is 5.31. The molecule has 29 heavy (non-hydrogen) atoms. The number of phenols is 1. The Hall–Kier alpha value is -0.956. The Morgan fingerprint density at radius 3 is 1.41 bits per heavy atom. The van der Waals surface area contributed by atoms with Crippen LogP contribution in [0, 0.1) is 13.8 Å². The van der Waals surface area contributed by atoms with Crippen molar-refractivity contribution < 1.29 is 47.6 Å². The standard InChI is InChI=1S/C9H12N2O.3C3H8O.C3H8.H2O.Ti/c1-6-3-7(2)9(12)8(4-6)5-11-10;3*1-2-3-4;1-3-2;;/h3-5,12H,10H2,1-2H3;3*4H,2-3H2,1H3;3H2,1-2H3;1H2;/b11-5+;;;;;;. The number of aryl methyl sites for hydroxylation is 2. The molecule has 0 fully saturated rings. The Bertz CT molecular complexity index is 418. The average Bonchev–Trinajstić information content (AvgIpc) is 2.67. The minimum Gasteiger partial charge on any atom is -0.507 e. The minimum absolute atomic E-state index is 0. The minimum atomic E-state index is 0. The van der Waals surface area contributed by atoms with Crippen LogP contribution in [0.4, 0.5) is 0 Å². The summed E-state index contributed by atoms with van der Waals surface area (Å²) in [5.74, 6) is 5.23. The second kappa shape index (κ2) is 37.7.